The van der Waals surface area contributed by atoms with Crippen molar-refractivity contribution in [3.8, 4) is 0 Å². The molecule has 0 atom stereocenters. The zero-order chi connectivity index (χ0) is 12.8. The first-order chi connectivity index (χ1) is 8.79. The van der Waals surface area contributed by atoms with Crippen LogP contribution in [0.1, 0.15) is 11.1 Å². The third-order valence-electron chi connectivity index (χ3n) is 2.48. The molecule has 0 aromatic heterocycles. The first-order valence-electron chi connectivity index (χ1n) is 5.51. The predicted molar refractivity (Wildman–Crippen MR) is 77.9 cm³/mol. The molecule has 0 fully saturated rings. The minimum absolute atomic E-state index is 0.540. The molecule has 0 saturated carbocycles. The molecule has 0 heterocycles. The summed E-state index contributed by atoms with van der Waals surface area (Å²) in [6.07, 6.45) is 3.70. The molecular weight excluding hydrogens is 290 g/mol. The van der Waals surface area contributed by atoms with E-state index in [-0.39, 0.29) is 0 Å². The maximum Gasteiger partial charge on any atom is 0.109 e. The zero-order valence-corrected chi connectivity index (χ0v) is 11.2. The molecule has 2 aromatic rings. The summed E-state index contributed by atoms with van der Waals surface area (Å²) in [5.41, 5.74) is 2.47. The SMILES string of the molecule is O/N=C(/C=C/c1ccc(Br)cc1)c1ccccc1. The van der Waals surface area contributed by atoms with Crippen LogP contribution in [0.2, 0.25) is 0 Å². The summed E-state index contributed by atoms with van der Waals surface area (Å²) in [4.78, 5) is 0. The van der Waals surface area contributed by atoms with E-state index < -0.39 is 0 Å². The minimum atomic E-state index is 0.540. The van der Waals surface area contributed by atoms with Crippen molar-refractivity contribution in [1.29, 1.82) is 0 Å². The van der Waals surface area contributed by atoms with Gasteiger partial charge in [0.05, 0.1) is 0 Å². The third kappa shape index (κ3) is 3.31. The average Bonchev–Trinajstić information content (AvgIpc) is 2.43. The second kappa shape index (κ2) is 6.17. The second-order valence-corrected chi connectivity index (χ2v) is 4.65. The first kappa shape index (κ1) is 12.6. The second-order valence-electron chi connectivity index (χ2n) is 3.74. The van der Waals surface area contributed by atoms with Crippen molar-refractivity contribution >= 4 is 27.7 Å². The topological polar surface area (TPSA) is 32.6 Å². The summed E-state index contributed by atoms with van der Waals surface area (Å²) < 4.78 is 1.04. The molecule has 0 aliphatic heterocycles. The van der Waals surface area contributed by atoms with Gasteiger partial charge in [0.2, 0.25) is 0 Å². The van der Waals surface area contributed by atoms with Crippen LogP contribution in [0, 0.1) is 0 Å². The lowest BCUT2D eigenvalue weighted by atomic mass is 10.1. The van der Waals surface area contributed by atoms with Crippen LogP contribution in [0.4, 0.5) is 0 Å². The Labute approximate surface area is 114 Å². The van der Waals surface area contributed by atoms with Crippen LogP contribution in [0.25, 0.3) is 6.08 Å². The Hall–Kier alpha value is -1.87. The van der Waals surface area contributed by atoms with E-state index in [9.17, 15) is 0 Å². The van der Waals surface area contributed by atoms with E-state index in [1.165, 1.54) is 0 Å². The summed E-state index contributed by atoms with van der Waals surface area (Å²) in [5.74, 6) is 0. The van der Waals surface area contributed by atoms with Crippen molar-refractivity contribution in [3.63, 3.8) is 0 Å². The Morgan fingerprint density at radius 3 is 2.28 bits per heavy atom. The van der Waals surface area contributed by atoms with Crippen molar-refractivity contribution in [2.24, 2.45) is 5.16 Å². The van der Waals surface area contributed by atoms with Crippen LogP contribution in [-0.4, -0.2) is 10.9 Å². The molecule has 0 bridgehead atoms. The molecule has 0 saturated heterocycles. The van der Waals surface area contributed by atoms with Gasteiger partial charge in [0.25, 0.3) is 0 Å². The molecule has 0 unspecified atom stereocenters. The van der Waals surface area contributed by atoms with E-state index in [0.29, 0.717) is 5.71 Å². The molecule has 18 heavy (non-hydrogen) atoms. The van der Waals surface area contributed by atoms with E-state index in [1.54, 1.807) is 6.08 Å². The maximum absolute atomic E-state index is 9.03. The highest BCUT2D eigenvalue weighted by molar-refractivity contribution is 9.10. The number of halogens is 1. The van der Waals surface area contributed by atoms with Gasteiger partial charge in [0.15, 0.2) is 0 Å². The number of hydrogen-bond acceptors (Lipinski definition) is 2. The molecule has 0 radical (unpaired) electrons. The van der Waals surface area contributed by atoms with Crippen LogP contribution in [0.5, 0.6) is 0 Å². The zero-order valence-electron chi connectivity index (χ0n) is 9.62. The van der Waals surface area contributed by atoms with Gasteiger partial charge < -0.3 is 5.21 Å². The number of hydrogen-bond donors (Lipinski definition) is 1. The van der Waals surface area contributed by atoms with Crippen LogP contribution >= 0.6 is 15.9 Å². The fraction of sp³-hybridized carbons (Fsp3) is 0. The van der Waals surface area contributed by atoms with Crippen molar-refractivity contribution in [2.45, 2.75) is 0 Å². The van der Waals surface area contributed by atoms with Crippen LogP contribution in [-0.2, 0) is 0 Å². The van der Waals surface area contributed by atoms with Crippen molar-refractivity contribution < 1.29 is 5.21 Å². The number of rotatable bonds is 3. The lowest BCUT2D eigenvalue weighted by Crippen LogP contribution is -1.95. The quantitative estimate of drug-likeness (QED) is 0.510. The van der Waals surface area contributed by atoms with Crippen molar-refractivity contribution in [3.05, 3.63) is 76.3 Å². The Morgan fingerprint density at radius 2 is 1.67 bits per heavy atom. The molecule has 0 aliphatic carbocycles. The predicted octanol–water partition coefficient (Wildman–Crippen LogP) is 4.34. The fourth-order valence-corrected chi connectivity index (χ4v) is 1.81. The van der Waals surface area contributed by atoms with Crippen molar-refractivity contribution in [1.82, 2.24) is 0 Å². The summed E-state index contributed by atoms with van der Waals surface area (Å²) in [5, 5.41) is 12.3. The average molecular weight is 302 g/mol. The molecule has 2 nitrogen and oxygen atoms in total. The van der Waals surface area contributed by atoms with E-state index in [0.717, 1.165) is 15.6 Å². The number of benzene rings is 2. The number of allylic oxidation sites excluding steroid dienone is 1. The standard InChI is InChI=1S/C15H12BrNO/c16-14-9-6-12(7-10-14)8-11-15(17-18)13-4-2-1-3-5-13/h1-11,18H/b11-8+,17-15-. The Balaban J connectivity index is 2.19. The highest BCUT2D eigenvalue weighted by atomic mass is 79.9. The van der Waals surface area contributed by atoms with Crippen LogP contribution < -0.4 is 0 Å². The summed E-state index contributed by atoms with van der Waals surface area (Å²) in [7, 11) is 0. The lowest BCUT2D eigenvalue weighted by molar-refractivity contribution is 0.320. The molecule has 0 spiro atoms. The monoisotopic (exact) mass is 301 g/mol. The molecule has 90 valence electrons. The van der Waals surface area contributed by atoms with Gasteiger partial charge in [-0.3, -0.25) is 0 Å². The minimum Gasteiger partial charge on any atom is -0.410 e. The van der Waals surface area contributed by atoms with E-state index in [4.69, 9.17) is 5.21 Å². The highest BCUT2D eigenvalue weighted by Crippen LogP contribution is 2.12. The van der Waals surface area contributed by atoms with Gasteiger partial charge in [-0.15, -0.1) is 0 Å². The molecule has 1 N–H and O–H groups in total. The van der Waals surface area contributed by atoms with E-state index in [2.05, 4.69) is 21.1 Å². The molecule has 2 rings (SSSR count). The van der Waals surface area contributed by atoms with Gasteiger partial charge in [0, 0.05) is 10.0 Å². The molecular formula is C15H12BrNO. The van der Waals surface area contributed by atoms with Gasteiger partial charge in [0.1, 0.15) is 5.71 Å². The number of oxime groups is 1. The first-order valence-corrected chi connectivity index (χ1v) is 6.30. The van der Waals surface area contributed by atoms with Gasteiger partial charge in [-0.25, -0.2) is 0 Å². The van der Waals surface area contributed by atoms with Crippen LogP contribution in [0.3, 0.4) is 0 Å². The van der Waals surface area contributed by atoms with Crippen LogP contribution in [0.15, 0.2) is 70.3 Å². The van der Waals surface area contributed by atoms with E-state index in [1.807, 2.05) is 60.7 Å². The van der Waals surface area contributed by atoms with Gasteiger partial charge in [-0.1, -0.05) is 69.6 Å². The normalized spacial score (nSPS) is 11.9. The lowest BCUT2D eigenvalue weighted by Gasteiger charge is -1.98. The maximum atomic E-state index is 9.03. The molecule has 0 amide bonds. The highest BCUT2D eigenvalue weighted by Gasteiger charge is 1.98. The summed E-state index contributed by atoms with van der Waals surface area (Å²) in [6.45, 7) is 0. The Morgan fingerprint density at radius 1 is 1.00 bits per heavy atom. The summed E-state index contributed by atoms with van der Waals surface area (Å²) in [6, 6.07) is 17.5. The third-order valence-corrected chi connectivity index (χ3v) is 3.01. The largest absolute Gasteiger partial charge is 0.410 e. The number of nitrogens with zero attached hydrogens (tertiary/aromatic N) is 1. The molecule has 3 heteroatoms. The van der Waals surface area contributed by atoms with Crippen molar-refractivity contribution in [2.75, 3.05) is 0 Å². The van der Waals surface area contributed by atoms with E-state index >= 15 is 0 Å². The fourth-order valence-electron chi connectivity index (χ4n) is 1.55. The Bertz CT molecular complexity index is 559. The summed E-state index contributed by atoms with van der Waals surface area (Å²) >= 11 is 3.39. The Kier molecular flexibility index (Phi) is 4.31. The van der Waals surface area contributed by atoms with Gasteiger partial charge in [-0.2, -0.15) is 0 Å². The smallest absolute Gasteiger partial charge is 0.109 e. The van der Waals surface area contributed by atoms with Gasteiger partial charge in [-0.05, 0) is 23.8 Å². The molecule has 2 aromatic carbocycles. The van der Waals surface area contributed by atoms with Gasteiger partial charge >= 0.3 is 0 Å². The molecule has 0 aliphatic rings.